The van der Waals surface area contributed by atoms with Crippen molar-refractivity contribution in [1.29, 1.82) is 0 Å². The fraction of sp³-hybridized carbons (Fsp3) is 0.462. The summed E-state index contributed by atoms with van der Waals surface area (Å²) in [6.45, 7) is 1.94. The molecule has 1 fully saturated rings. The molecule has 4 heteroatoms. The molecule has 92 valence electrons. The Kier molecular flexibility index (Phi) is 3.84. The number of rotatable bonds is 3. The van der Waals surface area contributed by atoms with Gasteiger partial charge in [0.25, 0.3) is 0 Å². The number of carbonyl (C=O) groups is 1. The summed E-state index contributed by atoms with van der Waals surface area (Å²) in [5.41, 5.74) is 0.384. The van der Waals surface area contributed by atoms with Crippen molar-refractivity contribution in [2.45, 2.75) is 19.4 Å². The average molecular weight is 239 g/mol. The highest BCUT2D eigenvalue weighted by atomic mass is 19.2. The topological polar surface area (TPSA) is 20.3 Å². The summed E-state index contributed by atoms with van der Waals surface area (Å²) in [5.74, 6) is -1.43. The first-order valence-electron chi connectivity index (χ1n) is 5.81. The molecule has 17 heavy (non-hydrogen) atoms. The van der Waals surface area contributed by atoms with Gasteiger partial charge in [0.05, 0.1) is 0 Å². The molecule has 0 unspecified atom stereocenters. The number of likely N-dealkylation sites (tertiary alicyclic amines) is 1. The van der Waals surface area contributed by atoms with Crippen molar-refractivity contribution in [2.75, 3.05) is 13.1 Å². The van der Waals surface area contributed by atoms with Crippen LogP contribution in [-0.4, -0.2) is 24.3 Å². The fourth-order valence-electron chi connectivity index (χ4n) is 2.16. The lowest BCUT2D eigenvalue weighted by Gasteiger charge is -2.29. The Labute approximate surface area is 99.2 Å². The number of piperidine rings is 1. The Morgan fingerprint density at radius 2 is 2.00 bits per heavy atom. The van der Waals surface area contributed by atoms with E-state index < -0.39 is 11.6 Å². The highest BCUT2D eigenvalue weighted by Gasteiger charge is 2.19. The Balaban J connectivity index is 1.98. The van der Waals surface area contributed by atoms with Gasteiger partial charge in [-0.1, -0.05) is 12.1 Å². The van der Waals surface area contributed by atoms with E-state index in [0.29, 0.717) is 12.1 Å². The van der Waals surface area contributed by atoms with Gasteiger partial charge in [-0.25, -0.2) is 8.78 Å². The standard InChI is InChI=1S/C13H15F2NO/c14-12-3-1-2-11(13(12)15)8-16-6-4-10(9-17)5-7-16/h1-3,9-10H,4-8H2. The molecule has 2 rings (SSSR count). The van der Waals surface area contributed by atoms with E-state index in [2.05, 4.69) is 4.90 Å². The molecule has 0 saturated carbocycles. The molecular formula is C13H15F2NO. The minimum absolute atomic E-state index is 0.128. The van der Waals surface area contributed by atoms with Crippen LogP contribution in [0.2, 0.25) is 0 Å². The molecule has 1 aromatic carbocycles. The van der Waals surface area contributed by atoms with Crippen LogP contribution < -0.4 is 0 Å². The molecule has 1 aliphatic rings. The monoisotopic (exact) mass is 239 g/mol. The van der Waals surface area contributed by atoms with Crippen LogP contribution in [0.15, 0.2) is 18.2 Å². The van der Waals surface area contributed by atoms with Gasteiger partial charge < -0.3 is 4.79 Å². The molecule has 1 aliphatic heterocycles. The summed E-state index contributed by atoms with van der Waals surface area (Å²) in [6.07, 6.45) is 2.60. The molecular weight excluding hydrogens is 224 g/mol. The molecule has 0 aliphatic carbocycles. The first-order valence-corrected chi connectivity index (χ1v) is 5.81. The van der Waals surface area contributed by atoms with E-state index >= 15 is 0 Å². The third-order valence-electron chi connectivity index (χ3n) is 3.25. The van der Waals surface area contributed by atoms with E-state index in [1.54, 1.807) is 6.07 Å². The summed E-state index contributed by atoms with van der Waals surface area (Å²) in [7, 11) is 0. The van der Waals surface area contributed by atoms with Crippen LogP contribution in [-0.2, 0) is 11.3 Å². The van der Waals surface area contributed by atoms with Gasteiger partial charge in [0.2, 0.25) is 0 Å². The zero-order chi connectivity index (χ0) is 12.3. The lowest BCUT2D eigenvalue weighted by atomic mass is 9.98. The summed E-state index contributed by atoms with van der Waals surface area (Å²) >= 11 is 0. The Bertz CT molecular complexity index is 400. The Hall–Kier alpha value is -1.29. The van der Waals surface area contributed by atoms with Crippen LogP contribution in [0.25, 0.3) is 0 Å². The van der Waals surface area contributed by atoms with E-state index in [9.17, 15) is 13.6 Å². The van der Waals surface area contributed by atoms with Gasteiger partial charge in [0, 0.05) is 18.0 Å². The van der Waals surface area contributed by atoms with E-state index in [1.165, 1.54) is 6.07 Å². The van der Waals surface area contributed by atoms with Crippen LogP contribution in [0.1, 0.15) is 18.4 Å². The summed E-state index contributed by atoms with van der Waals surface area (Å²) in [6, 6.07) is 4.24. The van der Waals surface area contributed by atoms with Crippen molar-refractivity contribution in [3.63, 3.8) is 0 Å². The Morgan fingerprint density at radius 1 is 1.29 bits per heavy atom. The molecule has 0 amide bonds. The first kappa shape index (κ1) is 12.2. The van der Waals surface area contributed by atoms with E-state index in [0.717, 1.165) is 38.3 Å². The number of nitrogens with zero attached hydrogens (tertiary/aromatic N) is 1. The molecule has 1 saturated heterocycles. The lowest BCUT2D eigenvalue weighted by Crippen LogP contribution is -2.33. The molecule has 0 bridgehead atoms. The number of aldehydes is 1. The summed E-state index contributed by atoms with van der Waals surface area (Å²) < 4.78 is 26.5. The van der Waals surface area contributed by atoms with Crippen LogP contribution in [0, 0.1) is 17.6 Å². The highest BCUT2D eigenvalue weighted by molar-refractivity contribution is 5.53. The van der Waals surface area contributed by atoms with Gasteiger partial charge in [0.15, 0.2) is 11.6 Å². The van der Waals surface area contributed by atoms with Gasteiger partial charge in [-0.15, -0.1) is 0 Å². The SMILES string of the molecule is O=CC1CCN(Cc2cccc(F)c2F)CC1. The van der Waals surface area contributed by atoms with Crippen LogP contribution >= 0.6 is 0 Å². The molecule has 2 nitrogen and oxygen atoms in total. The largest absolute Gasteiger partial charge is 0.303 e. The van der Waals surface area contributed by atoms with Crippen molar-refractivity contribution < 1.29 is 13.6 Å². The minimum atomic E-state index is -0.801. The quantitative estimate of drug-likeness (QED) is 0.755. The molecule has 0 aromatic heterocycles. The van der Waals surface area contributed by atoms with E-state index in [1.807, 2.05) is 0 Å². The second-order valence-electron chi connectivity index (χ2n) is 4.46. The normalized spacial score (nSPS) is 18.2. The lowest BCUT2D eigenvalue weighted by molar-refractivity contribution is -0.112. The first-order chi connectivity index (χ1) is 8.20. The van der Waals surface area contributed by atoms with E-state index in [-0.39, 0.29) is 5.92 Å². The Morgan fingerprint density at radius 3 is 2.65 bits per heavy atom. The summed E-state index contributed by atoms with van der Waals surface area (Å²) in [4.78, 5) is 12.6. The van der Waals surface area contributed by atoms with E-state index in [4.69, 9.17) is 0 Å². The molecule has 1 heterocycles. The maximum absolute atomic E-state index is 13.4. The van der Waals surface area contributed by atoms with Crippen LogP contribution in [0.3, 0.4) is 0 Å². The zero-order valence-corrected chi connectivity index (χ0v) is 9.53. The maximum Gasteiger partial charge on any atom is 0.163 e. The summed E-state index contributed by atoms with van der Waals surface area (Å²) in [5, 5.41) is 0. The molecule has 0 N–H and O–H groups in total. The molecule has 0 spiro atoms. The second kappa shape index (κ2) is 5.36. The second-order valence-corrected chi connectivity index (χ2v) is 4.46. The number of halogens is 2. The van der Waals surface area contributed by atoms with Gasteiger partial charge in [-0.3, -0.25) is 4.90 Å². The van der Waals surface area contributed by atoms with Crippen molar-refractivity contribution >= 4 is 6.29 Å². The molecule has 0 radical (unpaired) electrons. The van der Waals surface area contributed by atoms with Gasteiger partial charge >= 0.3 is 0 Å². The van der Waals surface area contributed by atoms with Crippen LogP contribution in [0.4, 0.5) is 8.78 Å². The predicted molar refractivity (Wildman–Crippen MR) is 60.4 cm³/mol. The average Bonchev–Trinajstić information content (AvgIpc) is 2.36. The minimum Gasteiger partial charge on any atom is -0.303 e. The highest BCUT2D eigenvalue weighted by Crippen LogP contribution is 2.19. The van der Waals surface area contributed by atoms with Crippen molar-refractivity contribution in [3.05, 3.63) is 35.4 Å². The predicted octanol–water partition coefficient (Wildman–Crippen LogP) is 2.38. The number of hydrogen-bond acceptors (Lipinski definition) is 2. The third-order valence-corrected chi connectivity index (χ3v) is 3.25. The fourth-order valence-corrected chi connectivity index (χ4v) is 2.16. The smallest absolute Gasteiger partial charge is 0.163 e. The van der Waals surface area contributed by atoms with Crippen molar-refractivity contribution in [2.24, 2.45) is 5.92 Å². The number of hydrogen-bond donors (Lipinski definition) is 0. The van der Waals surface area contributed by atoms with Crippen molar-refractivity contribution in [1.82, 2.24) is 4.90 Å². The van der Waals surface area contributed by atoms with Crippen molar-refractivity contribution in [3.8, 4) is 0 Å². The van der Waals surface area contributed by atoms with Gasteiger partial charge in [-0.2, -0.15) is 0 Å². The number of carbonyl (C=O) groups excluding carboxylic acids is 1. The molecule has 0 atom stereocenters. The van der Waals surface area contributed by atoms with Gasteiger partial charge in [0.1, 0.15) is 6.29 Å². The third kappa shape index (κ3) is 2.88. The van der Waals surface area contributed by atoms with Crippen LogP contribution in [0.5, 0.6) is 0 Å². The maximum atomic E-state index is 13.4. The zero-order valence-electron chi connectivity index (χ0n) is 9.53. The van der Waals surface area contributed by atoms with Gasteiger partial charge in [-0.05, 0) is 32.0 Å². The number of benzene rings is 1. The molecule has 1 aromatic rings.